The van der Waals surface area contributed by atoms with Crippen molar-refractivity contribution in [3.05, 3.63) is 17.2 Å². The van der Waals surface area contributed by atoms with Crippen LogP contribution in [0.1, 0.15) is 55.2 Å². The lowest BCUT2D eigenvalue weighted by Crippen LogP contribution is -2.06. The van der Waals surface area contributed by atoms with Crippen LogP contribution < -0.4 is 0 Å². The Morgan fingerprint density at radius 2 is 2.07 bits per heavy atom. The third-order valence-corrected chi connectivity index (χ3v) is 3.31. The first-order valence-electron chi connectivity index (χ1n) is 5.97. The van der Waals surface area contributed by atoms with Gasteiger partial charge < -0.3 is 10.1 Å². The minimum absolute atomic E-state index is 0.178. The monoisotopic (exact) mass is 208 g/mol. The predicted molar refractivity (Wildman–Crippen MR) is 59.9 cm³/mol. The first-order chi connectivity index (χ1) is 7.31. The second-order valence-corrected chi connectivity index (χ2v) is 4.50. The summed E-state index contributed by atoms with van der Waals surface area (Å²) >= 11 is 0. The quantitative estimate of drug-likeness (QED) is 0.800. The molecule has 1 aliphatic carbocycles. The molecule has 0 amide bonds. The lowest BCUT2D eigenvalue weighted by atomic mass is 9.86. The lowest BCUT2D eigenvalue weighted by Gasteiger charge is -2.20. The molecule has 0 saturated heterocycles. The summed E-state index contributed by atoms with van der Waals surface area (Å²) in [5.74, 6) is 1.60. The summed E-state index contributed by atoms with van der Waals surface area (Å²) in [5.41, 5.74) is 2.45. The van der Waals surface area contributed by atoms with Crippen LogP contribution in [0.25, 0.3) is 0 Å². The number of nitrogens with one attached hydrogen (secondary N) is 1. The van der Waals surface area contributed by atoms with Gasteiger partial charge in [-0.1, -0.05) is 19.3 Å². The van der Waals surface area contributed by atoms with Crippen molar-refractivity contribution in [1.82, 2.24) is 9.97 Å². The fraction of sp³-hybridized carbons (Fsp3) is 0.750. The summed E-state index contributed by atoms with van der Waals surface area (Å²) < 4.78 is 0. The van der Waals surface area contributed by atoms with Gasteiger partial charge in [0, 0.05) is 18.0 Å². The summed E-state index contributed by atoms with van der Waals surface area (Å²) in [7, 11) is 0. The van der Waals surface area contributed by atoms with E-state index in [9.17, 15) is 0 Å². The first kappa shape index (κ1) is 10.7. The summed E-state index contributed by atoms with van der Waals surface area (Å²) in [4.78, 5) is 7.88. The van der Waals surface area contributed by atoms with Crippen molar-refractivity contribution in [2.75, 3.05) is 6.61 Å². The number of aromatic amines is 1. The Balaban J connectivity index is 2.11. The van der Waals surface area contributed by atoms with Gasteiger partial charge in [0.2, 0.25) is 0 Å². The van der Waals surface area contributed by atoms with Crippen molar-refractivity contribution in [1.29, 1.82) is 0 Å². The van der Waals surface area contributed by atoms with Crippen LogP contribution in [0.3, 0.4) is 0 Å². The normalized spacial score (nSPS) is 18.3. The number of aryl methyl sites for hydroxylation is 1. The second kappa shape index (κ2) is 4.79. The van der Waals surface area contributed by atoms with Crippen LogP contribution in [0.2, 0.25) is 0 Å². The van der Waals surface area contributed by atoms with E-state index in [1.54, 1.807) is 0 Å². The van der Waals surface area contributed by atoms with Crippen molar-refractivity contribution in [3.8, 4) is 0 Å². The highest BCUT2D eigenvalue weighted by Gasteiger charge is 2.20. The second-order valence-electron chi connectivity index (χ2n) is 4.50. The zero-order chi connectivity index (χ0) is 10.7. The van der Waals surface area contributed by atoms with E-state index in [2.05, 4.69) is 16.9 Å². The largest absolute Gasteiger partial charge is 0.396 e. The molecule has 0 radical (unpaired) electrons. The summed E-state index contributed by atoms with van der Waals surface area (Å²) in [6.45, 7) is 2.27. The van der Waals surface area contributed by atoms with Gasteiger partial charge in [0.15, 0.2) is 0 Å². The molecule has 3 nitrogen and oxygen atoms in total. The van der Waals surface area contributed by atoms with Gasteiger partial charge in [0.1, 0.15) is 5.82 Å². The lowest BCUT2D eigenvalue weighted by molar-refractivity contribution is 0.297. The Kier molecular flexibility index (Phi) is 3.41. The van der Waals surface area contributed by atoms with Crippen LogP contribution in [0.15, 0.2) is 0 Å². The highest BCUT2D eigenvalue weighted by atomic mass is 16.3. The molecule has 15 heavy (non-hydrogen) atoms. The standard InChI is InChI=1S/C12H20N2O/c1-9-12(10-5-3-2-4-6-10)14-11(13-9)7-8-15/h10,15H,2-8H2,1H3,(H,13,14). The van der Waals surface area contributed by atoms with Gasteiger partial charge in [0.05, 0.1) is 12.3 Å². The van der Waals surface area contributed by atoms with Crippen LogP contribution in [0.5, 0.6) is 0 Å². The Morgan fingerprint density at radius 1 is 1.33 bits per heavy atom. The van der Waals surface area contributed by atoms with Crippen molar-refractivity contribution >= 4 is 0 Å². The highest BCUT2D eigenvalue weighted by molar-refractivity contribution is 5.18. The maximum atomic E-state index is 8.87. The first-order valence-corrected chi connectivity index (χ1v) is 5.97. The molecule has 1 aliphatic rings. The molecule has 84 valence electrons. The molecule has 0 atom stereocenters. The average molecular weight is 208 g/mol. The van der Waals surface area contributed by atoms with Gasteiger partial charge in [0.25, 0.3) is 0 Å². The van der Waals surface area contributed by atoms with E-state index in [0.717, 1.165) is 5.82 Å². The Morgan fingerprint density at radius 3 is 2.73 bits per heavy atom. The minimum atomic E-state index is 0.178. The van der Waals surface area contributed by atoms with Crippen LogP contribution in [-0.4, -0.2) is 21.7 Å². The zero-order valence-electron chi connectivity index (χ0n) is 9.42. The van der Waals surface area contributed by atoms with Crippen LogP contribution in [0.4, 0.5) is 0 Å². The molecule has 1 fully saturated rings. The minimum Gasteiger partial charge on any atom is -0.396 e. The van der Waals surface area contributed by atoms with Crippen LogP contribution in [-0.2, 0) is 6.42 Å². The molecule has 0 aromatic carbocycles. The van der Waals surface area contributed by atoms with Gasteiger partial charge in [-0.25, -0.2) is 4.98 Å². The van der Waals surface area contributed by atoms with E-state index in [1.165, 1.54) is 43.5 Å². The third-order valence-electron chi connectivity index (χ3n) is 3.31. The van der Waals surface area contributed by atoms with E-state index in [-0.39, 0.29) is 6.61 Å². The zero-order valence-corrected chi connectivity index (χ0v) is 9.42. The Bertz CT molecular complexity index is 313. The SMILES string of the molecule is Cc1[nH]c(CCO)nc1C1CCCCC1. The van der Waals surface area contributed by atoms with Crippen molar-refractivity contribution in [2.45, 2.75) is 51.4 Å². The van der Waals surface area contributed by atoms with E-state index in [4.69, 9.17) is 5.11 Å². The molecule has 1 aromatic heterocycles. The number of imidazole rings is 1. The number of aliphatic hydroxyl groups excluding tert-OH is 1. The third kappa shape index (κ3) is 2.40. The van der Waals surface area contributed by atoms with E-state index >= 15 is 0 Å². The van der Waals surface area contributed by atoms with Gasteiger partial charge in [-0.05, 0) is 19.8 Å². The van der Waals surface area contributed by atoms with Crippen molar-refractivity contribution < 1.29 is 5.11 Å². The molecule has 0 bridgehead atoms. The van der Waals surface area contributed by atoms with E-state index in [1.807, 2.05) is 0 Å². The van der Waals surface area contributed by atoms with Gasteiger partial charge in [-0.2, -0.15) is 0 Å². The summed E-state index contributed by atoms with van der Waals surface area (Å²) in [6.07, 6.45) is 7.27. The number of nitrogens with zero attached hydrogens (tertiary/aromatic N) is 1. The maximum Gasteiger partial charge on any atom is 0.108 e. The topological polar surface area (TPSA) is 48.9 Å². The molecule has 3 heteroatoms. The Hall–Kier alpha value is -0.830. The van der Waals surface area contributed by atoms with Gasteiger partial charge >= 0.3 is 0 Å². The number of H-pyrrole nitrogens is 1. The molecule has 0 unspecified atom stereocenters. The van der Waals surface area contributed by atoms with Gasteiger partial charge in [-0.15, -0.1) is 0 Å². The molecule has 1 heterocycles. The summed E-state index contributed by atoms with van der Waals surface area (Å²) in [6, 6.07) is 0. The number of hydrogen-bond donors (Lipinski definition) is 2. The molecular formula is C12H20N2O. The molecule has 2 N–H and O–H groups in total. The van der Waals surface area contributed by atoms with Crippen molar-refractivity contribution in [2.24, 2.45) is 0 Å². The molecular weight excluding hydrogens is 188 g/mol. The van der Waals surface area contributed by atoms with Crippen molar-refractivity contribution in [3.63, 3.8) is 0 Å². The molecule has 0 aliphatic heterocycles. The van der Waals surface area contributed by atoms with E-state index in [0.29, 0.717) is 12.3 Å². The average Bonchev–Trinajstić information content (AvgIpc) is 2.61. The smallest absolute Gasteiger partial charge is 0.108 e. The van der Waals surface area contributed by atoms with Gasteiger partial charge in [-0.3, -0.25) is 0 Å². The number of aliphatic hydroxyl groups is 1. The van der Waals surface area contributed by atoms with E-state index < -0.39 is 0 Å². The number of hydrogen-bond acceptors (Lipinski definition) is 2. The predicted octanol–water partition coefficient (Wildman–Crippen LogP) is 2.30. The maximum absolute atomic E-state index is 8.87. The molecule has 0 spiro atoms. The fourth-order valence-corrected chi connectivity index (χ4v) is 2.54. The van der Waals surface area contributed by atoms with Crippen LogP contribution >= 0.6 is 0 Å². The van der Waals surface area contributed by atoms with Crippen LogP contribution in [0, 0.1) is 6.92 Å². The molecule has 2 rings (SSSR count). The highest BCUT2D eigenvalue weighted by Crippen LogP contribution is 2.33. The number of aromatic nitrogens is 2. The Labute approximate surface area is 90.9 Å². The molecule has 1 aromatic rings. The molecule has 1 saturated carbocycles. The number of rotatable bonds is 3. The summed E-state index contributed by atoms with van der Waals surface area (Å²) in [5, 5.41) is 8.87. The fourth-order valence-electron chi connectivity index (χ4n) is 2.54.